The number of carbonyl (C=O) groups is 1. The van der Waals surface area contributed by atoms with Crippen LogP contribution < -0.4 is 4.74 Å². The zero-order chi connectivity index (χ0) is 12.4. The molecule has 0 N–H and O–H groups in total. The van der Waals surface area contributed by atoms with Crippen LogP contribution in [-0.2, 0) is 11.2 Å². The maximum absolute atomic E-state index is 12.1. The molecule has 92 valence electrons. The van der Waals surface area contributed by atoms with E-state index in [0.29, 0.717) is 18.1 Å². The fourth-order valence-electron chi connectivity index (χ4n) is 2.02. The smallest absolute Gasteiger partial charge is 0.140 e. The molecule has 0 spiro atoms. The van der Waals surface area contributed by atoms with Crippen LogP contribution in [-0.4, -0.2) is 12.9 Å². The molecule has 1 saturated carbocycles. The summed E-state index contributed by atoms with van der Waals surface area (Å²) < 4.78 is 6.16. The Morgan fingerprint density at radius 2 is 2.24 bits per heavy atom. The number of carbonyl (C=O) groups excluding carboxylic acids is 1. The first-order valence-corrected chi connectivity index (χ1v) is 6.76. The van der Waals surface area contributed by atoms with Crippen molar-refractivity contribution < 1.29 is 9.53 Å². The van der Waals surface area contributed by atoms with Crippen LogP contribution in [0.15, 0.2) is 22.7 Å². The second kappa shape index (κ2) is 5.21. The SMILES string of the molecule is COc1ccc(Br)c(CC(=O)C(C)C2CC2)c1. The van der Waals surface area contributed by atoms with Gasteiger partial charge in [-0.3, -0.25) is 4.79 Å². The van der Waals surface area contributed by atoms with E-state index in [4.69, 9.17) is 4.74 Å². The van der Waals surface area contributed by atoms with Gasteiger partial charge in [-0.25, -0.2) is 0 Å². The molecule has 0 aliphatic heterocycles. The zero-order valence-corrected chi connectivity index (χ0v) is 11.8. The van der Waals surface area contributed by atoms with Gasteiger partial charge in [-0.15, -0.1) is 0 Å². The standard InChI is InChI=1S/C14H17BrO2/c1-9(10-3-4-10)14(16)8-11-7-12(17-2)5-6-13(11)15/h5-7,9-10H,3-4,8H2,1-2H3. The van der Waals surface area contributed by atoms with Gasteiger partial charge in [0.2, 0.25) is 0 Å². The molecular weight excluding hydrogens is 280 g/mol. The number of rotatable bonds is 5. The Labute approximate surface area is 110 Å². The quantitative estimate of drug-likeness (QED) is 0.830. The fraction of sp³-hybridized carbons (Fsp3) is 0.500. The summed E-state index contributed by atoms with van der Waals surface area (Å²) in [4.78, 5) is 12.1. The van der Waals surface area contributed by atoms with Crippen molar-refractivity contribution >= 4 is 21.7 Å². The van der Waals surface area contributed by atoms with Crippen molar-refractivity contribution in [1.29, 1.82) is 0 Å². The van der Waals surface area contributed by atoms with Crippen LogP contribution in [0.5, 0.6) is 5.75 Å². The van der Waals surface area contributed by atoms with Gasteiger partial charge in [-0.1, -0.05) is 22.9 Å². The molecular formula is C14H17BrO2. The van der Waals surface area contributed by atoms with E-state index in [0.717, 1.165) is 15.8 Å². The predicted molar refractivity (Wildman–Crippen MR) is 71.3 cm³/mol. The average molecular weight is 297 g/mol. The molecule has 1 aliphatic rings. The Balaban J connectivity index is 2.08. The first kappa shape index (κ1) is 12.6. The second-order valence-electron chi connectivity index (χ2n) is 4.73. The highest BCUT2D eigenvalue weighted by Gasteiger charge is 2.32. The van der Waals surface area contributed by atoms with Crippen molar-refractivity contribution in [1.82, 2.24) is 0 Å². The molecule has 2 rings (SSSR count). The lowest BCUT2D eigenvalue weighted by molar-refractivity contribution is -0.122. The number of halogens is 1. The lowest BCUT2D eigenvalue weighted by Gasteiger charge is -2.11. The summed E-state index contributed by atoms with van der Waals surface area (Å²) in [6, 6.07) is 5.76. The zero-order valence-electron chi connectivity index (χ0n) is 10.2. The summed E-state index contributed by atoms with van der Waals surface area (Å²) >= 11 is 3.48. The van der Waals surface area contributed by atoms with E-state index < -0.39 is 0 Å². The van der Waals surface area contributed by atoms with Crippen molar-refractivity contribution in [2.45, 2.75) is 26.2 Å². The van der Waals surface area contributed by atoms with Crippen LogP contribution in [0.1, 0.15) is 25.3 Å². The van der Waals surface area contributed by atoms with Gasteiger partial charge in [-0.05, 0) is 42.5 Å². The highest BCUT2D eigenvalue weighted by molar-refractivity contribution is 9.10. The molecule has 0 aromatic heterocycles. The Morgan fingerprint density at radius 1 is 1.53 bits per heavy atom. The highest BCUT2D eigenvalue weighted by atomic mass is 79.9. The lowest BCUT2D eigenvalue weighted by atomic mass is 9.95. The van der Waals surface area contributed by atoms with E-state index in [-0.39, 0.29) is 5.92 Å². The van der Waals surface area contributed by atoms with E-state index in [9.17, 15) is 4.79 Å². The van der Waals surface area contributed by atoms with Gasteiger partial charge in [0.15, 0.2) is 0 Å². The molecule has 0 radical (unpaired) electrons. The Bertz CT molecular complexity index is 424. The number of hydrogen-bond acceptors (Lipinski definition) is 2. The normalized spacial score (nSPS) is 16.6. The molecule has 1 aliphatic carbocycles. The number of hydrogen-bond donors (Lipinski definition) is 0. The first-order chi connectivity index (χ1) is 8.11. The van der Waals surface area contributed by atoms with E-state index in [1.807, 2.05) is 25.1 Å². The maximum atomic E-state index is 12.1. The molecule has 17 heavy (non-hydrogen) atoms. The number of methoxy groups -OCH3 is 1. The van der Waals surface area contributed by atoms with Crippen LogP contribution >= 0.6 is 15.9 Å². The van der Waals surface area contributed by atoms with Gasteiger partial charge < -0.3 is 4.74 Å². The summed E-state index contributed by atoms with van der Waals surface area (Å²) in [6.45, 7) is 2.05. The minimum Gasteiger partial charge on any atom is -0.497 e. The van der Waals surface area contributed by atoms with E-state index >= 15 is 0 Å². The maximum Gasteiger partial charge on any atom is 0.140 e. The van der Waals surface area contributed by atoms with Crippen LogP contribution in [0.4, 0.5) is 0 Å². The van der Waals surface area contributed by atoms with Gasteiger partial charge in [0.1, 0.15) is 11.5 Å². The van der Waals surface area contributed by atoms with Crippen LogP contribution in [0.2, 0.25) is 0 Å². The average Bonchev–Trinajstić information content (AvgIpc) is 3.15. The van der Waals surface area contributed by atoms with Crippen LogP contribution in [0.3, 0.4) is 0 Å². The molecule has 1 aromatic rings. The van der Waals surface area contributed by atoms with Crippen LogP contribution in [0, 0.1) is 11.8 Å². The molecule has 0 bridgehead atoms. The number of Topliss-reactive ketones (excluding diaryl/α,β-unsaturated/α-hetero) is 1. The van der Waals surface area contributed by atoms with Gasteiger partial charge in [0.25, 0.3) is 0 Å². The molecule has 3 heteroatoms. The van der Waals surface area contributed by atoms with Crippen molar-refractivity contribution in [3.8, 4) is 5.75 Å². The van der Waals surface area contributed by atoms with Gasteiger partial charge in [0.05, 0.1) is 7.11 Å². The summed E-state index contributed by atoms with van der Waals surface area (Å²) in [6.07, 6.45) is 2.92. The number of ketones is 1. The second-order valence-corrected chi connectivity index (χ2v) is 5.58. The molecule has 2 nitrogen and oxygen atoms in total. The summed E-state index contributed by atoms with van der Waals surface area (Å²) in [5.41, 5.74) is 1.02. The molecule has 0 amide bonds. The lowest BCUT2D eigenvalue weighted by Crippen LogP contribution is -2.15. The third kappa shape index (κ3) is 3.09. The van der Waals surface area contributed by atoms with E-state index in [1.54, 1.807) is 7.11 Å². The predicted octanol–water partition coefficient (Wildman–Crippen LogP) is 3.62. The van der Waals surface area contributed by atoms with Crippen molar-refractivity contribution in [2.24, 2.45) is 11.8 Å². The summed E-state index contributed by atoms with van der Waals surface area (Å²) in [5, 5.41) is 0. The van der Waals surface area contributed by atoms with Gasteiger partial charge in [-0.2, -0.15) is 0 Å². The van der Waals surface area contributed by atoms with E-state index in [2.05, 4.69) is 15.9 Å². The minimum atomic E-state index is 0.202. The Kier molecular flexibility index (Phi) is 3.87. The fourth-order valence-corrected chi connectivity index (χ4v) is 2.41. The van der Waals surface area contributed by atoms with Gasteiger partial charge in [0, 0.05) is 16.8 Å². The molecule has 0 heterocycles. The summed E-state index contributed by atoms with van der Waals surface area (Å²) in [5.74, 6) is 1.97. The molecule has 0 saturated heterocycles. The topological polar surface area (TPSA) is 26.3 Å². The molecule has 1 fully saturated rings. The third-order valence-corrected chi connectivity index (χ3v) is 4.23. The summed E-state index contributed by atoms with van der Waals surface area (Å²) in [7, 11) is 1.64. The first-order valence-electron chi connectivity index (χ1n) is 5.97. The molecule has 1 unspecified atom stereocenters. The number of ether oxygens (including phenoxy) is 1. The third-order valence-electron chi connectivity index (χ3n) is 3.45. The molecule has 1 atom stereocenters. The van der Waals surface area contributed by atoms with E-state index in [1.165, 1.54) is 12.8 Å². The van der Waals surface area contributed by atoms with Crippen LogP contribution in [0.25, 0.3) is 0 Å². The highest BCUT2D eigenvalue weighted by Crippen LogP contribution is 2.37. The minimum absolute atomic E-state index is 0.202. The number of benzene rings is 1. The van der Waals surface area contributed by atoms with Gasteiger partial charge >= 0.3 is 0 Å². The van der Waals surface area contributed by atoms with Crippen molar-refractivity contribution in [3.63, 3.8) is 0 Å². The monoisotopic (exact) mass is 296 g/mol. The molecule has 1 aromatic carbocycles. The Hall–Kier alpha value is -0.830. The Morgan fingerprint density at radius 3 is 2.82 bits per heavy atom. The van der Waals surface area contributed by atoms with Crippen molar-refractivity contribution in [2.75, 3.05) is 7.11 Å². The van der Waals surface area contributed by atoms with Crippen molar-refractivity contribution in [3.05, 3.63) is 28.2 Å². The largest absolute Gasteiger partial charge is 0.497 e.